The summed E-state index contributed by atoms with van der Waals surface area (Å²) in [6.07, 6.45) is 67.1. The first-order valence-electron chi connectivity index (χ1n) is 38.5. The molecule has 3 N–H and O–H groups in total. The Morgan fingerprint density at radius 1 is 0.333 bits per heavy atom. The number of phosphoric acid groups is 1. The Morgan fingerprint density at radius 3 is 0.800 bits per heavy atom. The molecule has 0 fully saturated rings. The Balaban J connectivity index is 3.80. The van der Waals surface area contributed by atoms with Crippen molar-refractivity contribution in [3.05, 3.63) is 0 Å². The Kier molecular flexibility index (Phi) is 65.4. The van der Waals surface area contributed by atoms with Gasteiger partial charge in [-0.05, 0) is 25.7 Å². The molecule has 0 aliphatic rings. The van der Waals surface area contributed by atoms with Crippen LogP contribution < -0.4 is 5.73 Å². The number of hydrogen-bond donors (Lipinski definition) is 2. The number of nitrogens with zero attached hydrogens (tertiary/aromatic N) is 1. The maximum absolute atomic E-state index is 12.8. The first-order valence-corrected chi connectivity index (χ1v) is 40.0. The van der Waals surface area contributed by atoms with Crippen LogP contribution in [0, 0.1) is 0 Å². The molecule has 0 aliphatic carbocycles. The monoisotopic (exact) mass is 1300 g/mol. The fourth-order valence-corrected chi connectivity index (χ4v) is 12.4. The summed E-state index contributed by atoms with van der Waals surface area (Å²) in [7, 11) is 1.47. The molecule has 3 atom stereocenters. The number of likely N-dealkylation sites (N-methyl/N-ethyl adjacent to an activating group) is 1. The van der Waals surface area contributed by atoms with Crippen LogP contribution in [0.15, 0.2) is 0 Å². The minimum absolute atomic E-state index is 0.0275. The van der Waals surface area contributed by atoms with Crippen LogP contribution in [0.1, 0.15) is 386 Å². The molecule has 0 aromatic rings. The molecule has 0 aromatic heterocycles. The van der Waals surface area contributed by atoms with Gasteiger partial charge in [-0.3, -0.25) is 28.2 Å². The van der Waals surface area contributed by atoms with Crippen LogP contribution in [-0.4, -0.2) is 106 Å². The van der Waals surface area contributed by atoms with Crippen molar-refractivity contribution in [2.45, 2.75) is 398 Å². The zero-order valence-corrected chi connectivity index (χ0v) is 60.7. The van der Waals surface area contributed by atoms with Crippen LogP contribution in [0.3, 0.4) is 0 Å². The van der Waals surface area contributed by atoms with E-state index in [1.807, 2.05) is 21.1 Å². The van der Waals surface area contributed by atoms with Crippen LogP contribution in [0.25, 0.3) is 0 Å². The Hall–Kier alpha value is -2.09. The van der Waals surface area contributed by atoms with Crippen molar-refractivity contribution < 1.29 is 61.1 Å². The number of quaternary nitrogens is 1. The van der Waals surface area contributed by atoms with Crippen LogP contribution in [-0.2, 0) is 51.7 Å². The molecule has 0 heterocycles. The van der Waals surface area contributed by atoms with Gasteiger partial charge in [-0.25, -0.2) is 4.57 Å². The van der Waals surface area contributed by atoms with Gasteiger partial charge in [0.2, 0.25) is 0 Å². The Morgan fingerprint density at radius 2 is 0.556 bits per heavy atom. The van der Waals surface area contributed by atoms with Gasteiger partial charge in [-0.1, -0.05) is 335 Å². The zero-order valence-electron chi connectivity index (χ0n) is 59.8. The molecule has 0 rings (SSSR count). The second-order valence-corrected chi connectivity index (χ2v) is 29.3. The van der Waals surface area contributed by atoms with E-state index in [9.17, 15) is 28.6 Å². The van der Waals surface area contributed by atoms with Crippen LogP contribution >= 0.6 is 7.82 Å². The van der Waals surface area contributed by atoms with E-state index >= 15 is 0 Å². The number of carbonyl (C=O) groups excluding carboxylic acids is 4. The third-order valence-electron chi connectivity index (χ3n) is 17.6. The molecular formula is C75H148N2O12P+. The summed E-state index contributed by atoms with van der Waals surface area (Å²) >= 11 is 0. The first-order chi connectivity index (χ1) is 43.7. The highest BCUT2D eigenvalue weighted by atomic mass is 31.2. The fraction of sp³-hybridized carbons (Fsp3) is 0.947. The van der Waals surface area contributed by atoms with Gasteiger partial charge in [0.15, 0.2) is 6.10 Å². The number of unbranched alkanes of at least 4 members (excludes halogenated alkanes) is 51. The average Bonchev–Trinajstić information content (AvgIpc) is 3.44. The van der Waals surface area contributed by atoms with E-state index in [1.165, 1.54) is 270 Å². The average molecular weight is 1300 g/mol. The fourth-order valence-electron chi connectivity index (χ4n) is 11.6. The maximum atomic E-state index is 12.8. The van der Waals surface area contributed by atoms with Crippen molar-refractivity contribution in [3.63, 3.8) is 0 Å². The van der Waals surface area contributed by atoms with E-state index in [4.69, 9.17) is 33.7 Å². The summed E-state index contributed by atoms with van der Waals surface area (Å²) in [5, 5.41) is 0. The molecular weight excluding hydrogens is 1150 g/mol. The minimum Gasteiger partial charge on any atom is -0.462 e. The topological polar surface area (TPSA) is 187 Å². The van der Waals surface area contributed by atoms with Gasteiger partial charge < -0.3 is 34.1 Å². The van der Waals surface area contributed by atoms with Crippen molar-refractivity contribution >= 4 is 31.7 Å². The van der Waals surface area contributed by atoms with E-state index in [1.54, 1.807) is 0 Å². The lowest BCUT2D eigenvalue weighted by Gasteiger charge is -2.24. The van der Waals surface area contributed by atoms with Gasteiger partial charge in [-0.2, -0.15) is 0 Å². The quantitative estimate of drug-likeness (QED) is 0.0193. The Labute approximate surface area is 555 Å². The summed E-state index contributed by atoms with van der Waals surface area (Å²) in [4.78, 5) is 60.3. The minimum atomic E-state index is -4.39. The molecule has 534 valence electrons. The third-order valence-corrected chi connectivity index (χ3v) is 18.6. The SMILES string of the molecule is CCCCCCCCCCCCCCCC(=O)OC[C@H](COP(=O)(O)OCC[N+](C)(C)C)OC(=O)CCCCCCCCCCCCCCCCCCCCCCCCCCCCCCC(=O)O[C@@H](CN)COC(=O)CCCCCCCCCCCCCCC. The zero-order chi connectivity index (χ0) is 66.0. The lowest BCUT2D eigenvalue weighted by molar-refractivity contribution is -0.870. The summed E-state index contributed by atoms with van der Waals surface area (Å²) in [5.41, 5.74) is 5.82. The molecule has 15 heteroatoms. The first kappa shape index (κ1) is 87.9. The normalized spacial score (nSPS) is 13.1. The number of esters is 4. The summed E-state index contributed by atoms with van der Waals surface area (Å²) in [5.74, 6) is -1.26. The highest BCUT2D eigenvalue weighted by molar-refractivity contribution is 7.47. The van der Waals surface area contributed by atoms with Crippen molar-refractivity contribution in [1.29, 1.82) is 0 Å². The summed E-state index contributed by atoms with van der Waals surface area (Å²) < 4.78 is 45.5. The molecule has 0 aromatic carbocycles. The van der Waals surface area contributed by atoms with Gasteiger partial charge in [0.05, 0.1) is 27.7 Å². The molecule has 90 heavy (non-hydrogen) atoms. The number of phosphoric ester groups is 1. The summed E-state index contributed by atoms with van der Waals surface area (Å²) in [6.45, 7) is 4.62. The second kappa shape index (κ2) is 66.9. The second-order valence-electron chi connectivity index (χ2n) is 27.8. The predicted octanol–water partition coefficient (Wildman–Crippen LogP) is 21.4. The van der Waals surface area contributed by atoms with Crippen LogP contribution in [0.5, 0.6) is 0 Å². The van der Waals surface area contributed by atoms with Gasteiger partial charge in [-0.15, -0.1) is 0 Å². The number of nitrogens with two attached hydrogens (primary N) is 1. The molecule has 0 amide bonds. The highest BCUT2D eigenvalue weighted by Crippen LogP contribution is 2.43. The molecule has 0 saturated carbocycles. The van der Waals surface area contributed by atoms with Crippen molar-refractivity contribution in [2.24, 2.45) is 5.73 Å². The predicted molar refractivity (Wildman–Crippen MR) is 374 cm³/mol. The molecule has 14 nitrogen and oxygen atoms in total. The number of carbonyl (C=O) groups is 4. The Bertz CT molecular complexity index is 1630. The molecule has 0 radical (unpaired) electrons. The van der Waals surface area contributed by atoms with Gasteiger partial charge in [0.1, 0.15) is 32.5 Å². The van der Waals surface area contributed by atoms with E-state index in [2.05, 4.69) is 13.8 Å². The van der Waals surface area contributed by atoms with E-state index in [-0.39, 0.29) is 57.1 Å². The van der Waals surface area contributed by atoms with Gasteiger partial charge in [0.25, 0.3) is 0 Å². The lowest BCUT2D eigenvalue weighted by atomic mass is 10.0. The van der Waals surface area contributed by atoms with E-state index in [0.29, 0.717) is 30.3 Å². The third kappa shape index (κ3) is 68.8. The molecule has 0 aliphatic heterocycles. The maximum Gasteiger partial charge on any atom is 0.472 e. The molecule has 1 unspecified atom stereocenters. The number of rotatable bonds is 73. The van der Waals surface area contributed by atoms with E-state index in [0.717, 1.165) is 70.6 Å². The number of hydrogen-bond acceptors (Lipinski definition) is 12. The number of ether oxygens (including phenoxy) is 4. The smallest absolute Gasteiger partial charge is 0.462 e. The van der Waals surface area contributed by atoms with Crippen molar-refractivity contribution in [3.8, 4) is 0 Å². The molecule has 0 bridgehead atoms. The van der Waals surface area contributed by atoms with Crippen LogP contribution in [0.2, 0.25) is 0 Å². The van der Waals surface area contributed by atoms with Crippen molar-refractivity contribution in [2.75, 3.05) is 60.7 Å². The van der Waals surface area contributed by atoms with Gasteiger partial charge in [0, 0.05) is 32.2 Å². The lowest BCUT2D eigenvalue weighted by Crippen LogP contribution is -2.37. The van der Waals surface area contributed by atoms with Crippen molar-refractivity contribution in [1.82, 2.24) is 0 Å². The molecule has 0 saturated heterocycles. The molecule has 0 spiro atoms. The van der Waals surface area contributed by atoms with Gasteiger partial charge >= 0.3 is 31.7 Å². The highest BCUT2D eigenvalue weighted by Gasteiger charge is 2.27. The standard InChI is InChI=1S/C75H147N2O12P/c1-6-8-10-12-14-16-18-36-40-44-48-52-56-60-72(78)84-67-70(66-76)88-74(80)62-58-54-50-46-42-38-34-32-30-28-26-24-22-20-21-23-25-27-29-31-33-35-39-43-47-51-55-59-63-75(81)89-71(69-87-90(82,83)86-65-64-77(3,4)5)68-85-73(79)61-57-53-49-45-41-37-19-17-15-13-11-9-7-2/h70-71H,6-69,76H2,1-5H3/p+1/t70-,71+/m0/s1. The largest absolute Gasteiger partial charge is 0.472 e. The van der Waals surface area contributed by atoms with E-state index < -0.39 is 32.6 Å². The van der Waals surface area contributed by atoms with Crippen LogP contribution in [0.4, 0.5) is 0 Å². The summed E-state index contributed by atoms with van der Waals surface area (Å²) in [6, 6.07) is 0.